The molecular weight excluding hydrogens is 378 g/mol. The molecule has 1 N–H and O–H groups in total. The standard InChI is InChI=1S/C20H25N3O4S/c1-3-15-13-18(24)22-20(21-15)17-5-4-11-23(17)19(25)10-12-28(26,27)16-8-6-14(2)7-9-16/h6-9,13,17H,3-5,10-12H2,1-2H3,(H,21,22,24)/t17-/m1/s1. The van der Waals surface area contributed by atoms with Gasteiger partial charge in [-0.1, -0.05) is 24.6 Å². The molecule has 0 radical (unpaired) electrons. The Morgan fingerprint density at radius 2 is 2.00 bits per heavy atom. The van der Waals surface area contributed by atoms with E-state index in [2.05, 4.69) is 9.97 Å². The first kappa shape index (κ1) is 20.3. The monoisotopic (exact) mass is 403 g/mol. The first-order chi connectivity index (χ1) is 13.3. The minimum absolute atomic E-state index is 0.0928. The number of amides is 1. The zero-order valence-corrected chi connectivity index (χ0v) is 17.0. The van der Waals surface area contributed by atoms with E-state index in [1.54, 1.807) is 29.2 Å². The molecule has 0 aliphatic carbocycles. The molecule has 1 aromatic heterocycles. The predicted molar refractivity (Wildman–Crippen MR) is 106 cm³/mol. The fraction of sp³-hybridized carbons (Fsp3) is 0.450. The van der Waals surface area contributed by atoms with E-state index in [1.165, 1.54) is 6.07 Å². The van der Waals surface area contributed by atoms with Crippen LogP contribution >= 0.6 is 0 Å². The smallest absolute Gasteiger partial charge is 0.251 e. The maximum Gasteiger partial charge on any atom is 0.251 e. The van der Waals surface area contributed by atoms with E-state index in [0.717, 1.165) is 12.0 Å². The summed E-state index contributed by atoms with van der Waals surface area (Å²) in [5.74, 6) is 0.0104. The van der Waals surface area contributed by atoms with Gasteiger partial charge in [0.05, 0.1) is 16.7 Å². The summed E-state index contributed by atoms with van der Waals surface area (Å²) in [5, 5.41) is 0. The molecule has 1 aromatic carbocycles. The summed E-state index contributed by atoms with van der Waals surface area (Å²) in [7, 11) is -3.52. The number of likely N-dealkylation sites (tertiary alicyclic amines) is 1. The van der Waals surface area contributed by atoms with Crippen molar-refractivity contribution in [2.75, 3.05) is 12.3 Å². The summed E-state index contributed by atoms with van der Waals surface area (Å²) in [6.45, 7) is 4.34. The number of H-pyrrole nitrogens is 1. The molecule has 3 rings (SSSR count). The van der Waals surface area contributed by atoms with Crippen LogP contribution in [0.3, 0.4) is 0 Å². The molecule has 0 saturated carbocycles. The third kappa shape index (κ3) is 4.49. The maximum atomic E-state index is 12.7. The van der Waals surface area contributed by atoms with Crippen LogP contribution in [0.5, 0.6) is 0 Å². The zero-order chi connectivity index (χ0) is 20.3. The minimum Gasteiger partial charge on any atom is -0.332 e. The number of nitrogens with zero attached hydrogens (tertiary/aromatic N) is 2. The van der Waals surface area contributed by atoms with Crippen molar-refractivity contribution in [1.29, 1.82) is 0 Å². The first-order valence-electron chi connectivity index (χ1n) is 9.49. The summed E-state index contributed by atoms with van der Waals surface area (Å²) in [6, 6.07) is 7.77. The van der Waals surface area contributed by atoms with E-state index in [9.17, 15) is 18.0 Å². The summed E-state index contributed by atoms with van der Waals surface area (Å²) < 4.78 is 25.0. The Bertz CT molecular complexity index is 1010. The molecule has 0 bridgehead atoms. The molecule has 1 atom stereocenters. The van der Waals surface area contributed by atoms with Crippen molar-refractivity contribution < 1.29 is 13.2 Å². The van der Waals surface area contributed by atoms with Gasteiger partial charge in [-0.15, -0.1) is 0 Å². The van der Waals surface area contributed by atoms with Crippen LogP contribution in [0.4, 0.5) is 0 Å². The van der Waals surface area contributed by atoms with E-state index < -0.39 is 9.84 Å². The second-order valence-corrected chi connectivity index (χ2v) is 9.21. The lowest BCUT2D eigenvalue weighted by atomic mass is 10.2. The third-order valence-electron chi connectivity index (χ3n) is 5.03. The van der Waals surface area contributed by atoms with Crippen LogP contribution in [-0.2, 0) is 21.1 Å². The quantitative estimate of drug-likeness (QED) is 0.797. The van der Waals surface area contributed by atoms with Crippen LogP contribution in [0.2, 0.25) is 0 Å². The highest BCUT2D eigenvalue weighted by Gasteiger charge is 2.32. The first-order valence-corrected chi connectivity index (χ1v) is 11.1. The number of benzene rings is 1. The van der Waals surface area contributed by atoms with Gasteiger partial charge in [0.1, 0.15) is 5.82 Å². The van der Waals surface area contributed by atoms with E-state index in [-0.39, 0.29) is 34.6 Å². The van der Waals surface area contributed by atoms with Gasteiger partial charge in [0, 0.05) is 24.7 Å². The lowest BCUT2D eigenvalue weighted by Gasteiger charge is -2.24. The average molecular weight is 404 g/mol. The van der Waals surface area contributed by atoms with Crippen molar-refractivity contribution in [3.05, 3.63) is 57.8 Å². The molecule has 0 spiro atoms. The molecule has 150 valence electrons. The normalized spacial score (nSPS) is 17.1. The van der Waals surface area contributed by atoms with Gasteiger partial charge in [-0.2, -0.15) is 0 Å². The molecular formula is C20H25N3O4S. The van der Waals surface area contributed by atoms with E-state index in [1.807, 2.05) is 13.8 Å². The maximum absolute atomic E-state index is 12.7. The van der Waals surface area contributed by atoms with Crippen molar-refractivity contribution in [3.8, 4) is 0 Å². The number of aromatic nitrogens is 2. The van der Waals surface area contributed by atoms with Gasteiger partial charge in [-0.3, -0.25) is 9.59 Å². The van der Waals surface area contributed by atoms with Gasteiger partial charge in [-0.05, 0) is 38.3 Å². The van der Waals surface area contributed by atoms with Crippen molar-refractivity contribution in [1.82, 2.24) is 14.9 Å². The van der Waals surface area contributed by atoms with E-state index in [4.69, 9.17) is 0 Å². The van der Waals surface area contributed by atoms with Crippen LogP contribution in [0, 0.1) is 6.92 Å². The highest BCUT2D eigenvalue weighted by Crippen LogP contribution is 2.30. The number of carbonyl (C=O) groups excluding carboxylic acids is 1. The van der Waals surface area contributed by atoms with Gasteiger partial charge in [0.15, 0.2) is 9.84 Å². The molecule has 28 heavy (non-hydrogen) atoms. The van der Waals surface area contributed by atoms with Crippen LogP contribution in [0.1, 0.15) is 49.3 Å². The van der Waals surface area contributed by atoms with E-state index >= 15 is 0 Å². The molecule has 2 heterocycles. The summed E-state index contributed by atoms with van der Waals surface area (Å²) in [5.41, 5.74) is 1.42. The molecule has 1 fully saturated rings. The van der Waals surface area contributed by atoms with Gasteiger partial charge in [0.2, 0.25) is 5.91 Å². The fourth-order valence-corrected chi connectivity index (χ4v) is 4.68. The highest BCUT2D eigenvalue weighted by molar-refractivity contribution is 7.91. The molecule has 8 heteroatoms. The van der Waals surface area contributed by atoms with Gasteiger partial charge >= 0.3 is 0 Å². The molecule has 0 unspecified atom stereocenters. The molecule has 2 aromatic rings. The van der Waals surface area contributed by atoms with Gasteiger partial charge < -0.3 is 9.88 Å². The second-order valence-electron chi connectivity index (χ2n) is 7.10. The number of aromatic amines is 1. The average Bonchev–Trinajstić information content (AvgIpc) is 3.16. The third-order valence-corrected chi connectivity index (χ3v) is 6.76. The summed E-state index contributed by atoms with van der Waals surface area (Å²) in [6.07, 6.45) is 2.03. The Morgan fingerprint density at radius 3 is 2.68 bits per heavy atom. The Kier molecular flexibility index (Phi) is 5.98. The largest absolute Gasteiger partial charge is 0.332 e. The lowest BCUT2D eigenvalue weighted by Crippen LogP contribution is -2.33. The SMILES string of the molecule is CCc1cc(=O)[nH]c([C@H]2CCCN2C(=O)CCS(=O)(=O)c2ccc(C)cc2)n1. The number of rotatable bonds is 6. The Morgan fingerprint density at radius 1 is 1.29 bits per heavy atom. The predicted octanol–water partition coefficient (Wildman–Crippen LogP) is 2.17. The number of carbonyl (C=O) groups is 1. The van der Waals surface area contributed by atoms with Crippen LogP contribution in [0.25, 0.3) is 0 Å². The van der Waals surface area contributed by atoms with Crippen molar-refractivity contribution in [2.24, 2.45) is 0 Å². The highest BCUT2D eigenvalue weighted by atomic mass is 32.2. The molecule has 1 saturated heterocycles. The topological polar surface area (TPSA) is 100 Å². The van der Waals surface area contributed by atoms with Crippen LogP contribution < -0.4 is 5.56 Å². The summed E-state index contributed by atoms with van der Waals surface area (Å²) >= 11 is 0. The zero-order valence-electron chi connectivity index (χ0n) is 16.1. The molecule has 1 aliphatic heterocycles. The number of sulfone groups is 1. The minimum atomic E-state index is -3.52. The summed E-state index contributed by atoms with van der Waals surface area (Å²) in [4.78, 5) is 33.7. The number of hydrogen-bond donors (Lipinski definition) is 1. The molecule has 1 amide bonds. The molecule has 1 aliphatic rings. The number of nitrogens with one attached hydrogen (secondary N) is 1. The van der Waals surface area contributed by atoms with Crippen LogP contribution in [-0.4, -0.2) is 41.5 Å². The van der Waals surface area contributed by atoms with Crippen LogP contribution in [0.15, 0.2) is 40.0 Å². The number of aryl methyl sites for hydroxylation is 2. The Balaban J connectivity index is 1.72. The fourth-order valence-electron chi connectivity index (χ4n) is 3.45. The van der Waals surface area contributed by atoms with Crippen molar-refractivity contribution in [2.45, 2.75) is 50.5 Å². The Labute approximate surface area is 164 Å². The van der Waals surface area contributed by atoms with Crippen molar-refractivity contribution in [3.63, 3.8) is 0 Å². The van der Waals surface area contributed by atoms with Gasteiger partial charge in [0.25, 0.3) is 5.56 Å². The second kappa shape index (κ2) is 8.26. The lowest BCUT2D eigenvalue weighted by molar-refractivity contribution is -0.131. The Hall–Kier alpha value is -2.48. The molecule has 7 nitrogen and oxygen atoms in total. The number of hydrogen-bond acceptors (Lipinski definition) is 5. The van der Waals surface area contributed by atoms with E-state index in [0.29, 0.717) is 30.9 Å². The van der Waals surface area contributed by atoms with Gasteiger partial charge in [-0.25, -0.2) is 13.4 Å². The van der Waals surface area contributed by atoms with Crippen molar-refractivity contribution >= 4 is 15.7 Å².